The number of aryl methyl sites for hydroxylation is 2. The topological polar surface area (TPSA) is 84.8 Å². The van der Waals surface area contributed by atoms with E-state index in [4.69, 9.17) is 16.6 Å². The molecule has 0 aliphatic carbocycles. The number of carbonyl (C=O) groups is 1. The molecule has 2 N–H and O–H groups in total. The predicted molar refractivity (Wildman–Crippen MR) is 116 cm³/mol. The van der Waals surface area contributed by atoms with Crippen molar-refractivity contribution in [3.8, 4) is 17.0 Å². The highest BCUT2D eigenvalue weighted by molar-refractivity contribution is 6.20. The average molecular weight is 458 g/mol. The zero-order chi connectivity index (χ0) is 22.3. The fourth-order valence-electron chi connectivity index (χ4n) is 3.99. The Kier molecular flexibility index (Phi) is 5.05. The summed E-state index contributed by atoms with van der Waals surface area (Å²) >= 11 is 4.77. The molecule has 1 aliphatic heterocycles. The zero-order valence-corrected chi connectivity index (χ0v) is 17.5. The van der Waals surface area contributed by atoms with Gasteiger partial charge in [-0.15, -0.1) is 8.78 Å². The molecule has 0 atom stereocenters. The Hall–Kier alpha value is -3.46. The number of aromatic amines is 1. The molecule has 7 nitrogen and oxygen atoms in total. The number of hydrogen-bond acceptors (Lipinski definition) is 4. The number of carbonyl (C=O) groups excluding carboxylic acids is 1. The van der Waals surface area contributed by atoms with Gasteiger partial charge in [-0.25, -0.2) is 4.98 Å². The Morgan fingerprint density at radius 3 is 2.72 bits per heavy atom. The molecule has 2 aromatic heterocycles. The molecule has 0 unspecified atom stereocenters. The molecule has 0 spiro atoms. The van der Waals surface area contributed by atoms with Crippen molar-refractivity contribution in [1.82, 2.24) is 19.7 Å². The Labute approximate surface area is 186 Å². The number of benzene rings is 2. The predicted octanol–water partition coefficient (Wildman–Crippen LogP) is 5.18. The summed E-state index contributed by atoms with van der Waals surface area (Å²) in [6.07, 6.45) is 4.73. The van der Waals surface area contributed by atoms with Crippen molar-refractivity contribution in [3.05, 3.63) is 60.0 Å². The molecule has 3 heterocycles. The van der Waals surface area contributed by atoms with Crippen LogP contribution in [0.15, 0.2) is 48.7 Å². The van der Waals surface area contributed by atoms with Gasteiger partial charge in [0.1, 0.15) is 11.6 Å². The van der Waals surface area contributed by atoms with Crippen molar-refractivity contribution in [2.24, 2.45) is 0 Å². The van der Waals surface area contributed by atoms with Crippen LogP contribution in [0.2, 0.25) is 0 Å². The van der Waals surface area contributed by atoms with E-state index in [1.807, 2.05) is 6.07 Å². The van der Waals surface area contributed by atoms with Crippen LogP contribution in [0.4, 0.5) is 14.5 Å². The smallest absolute Gasteiger partial charge is 0.420 e. The summed E-state index contributed by atoms with van der Waals surface area (Å²) < 4.78 is 32.0. The Bertz CT molecular complexity index is 1280. The van der Waals surface area contributed by atoms with Gasteiger partial charge in [0.25, 0.3) is 5.91 Å². The first-order valence-electron chi connectivity index (χ1n) is 10.1. The van der Waals surface area contributed by atoms with Crippen molar-refractivity contribution in [3.63, 3.8) is 0 Å². The van der Waals surface area contributed by atoms with Gasteiger partial charge < -0.3 is 14.6 Å². The van der Waals surface area contributed by atoms with Crippen molar-refractivity contribution >= 4 is 34.2 Å². The third-order valence-corrected chi connectivity index (χ3v) is 5.43. The minimum absolute atomic E-state index is 0.116. The van der Waals surface area contributed by atoms with Crippen LogP contribution in [-0.2, 0) is 13.0 Å². The van der Waals surface area contributed by atoms with E-state index in [0.717, 1.165) is 53.9 Å². The lowest BCUT2D eigenvalue weighted by Crippen LogP contribution is -2.16. The normalized spacial score (nSPS) is 13.7. The Balaban J connectivity index is 1.48. The summed E-state index contributed by atoms with van der Waals surface area (Å²) in [4.78, 5) is 17.8. The molecule has 4 aromatic rings. The number of amides is 1. The quantitative estimate of drug-likeness (QED) is 0.404. The average Bonchev–Trinajstić information content (AvgIpc) is 3.41. The monoisotopic (exact) mass is 457 g/mol. The van der Waals surface area contributed by atoms with Gasteiger partial charge in [0.05, 0.1) is 16.7 Å². The third kappa shape index (κ3) is 4.03. The number of nitrogens with zero attached hydrogens (tertiary/aromatic N) is 3. The number of hydrogen-bond donors (Lipinski definition) is 2. The molecule has 32 heavy (non-hydrogen) atoms. The summed E-state index contributed by atoms with van der Waals surface area (Å²) in [6, 6.07) is 10.9. The van der Waals surface area contributed by atoms with Gasteiger partial charge in [0.2, 0.25) is 0 Å². The van der Waals surface area contributed by atoms with Crippen molar-refractivity contribution in [2.45, 2.75) is 31.4 Å². The molecule has 1 aliphatic rings. The number of rotatable bonds is 5. The summed E-state index contributed by atoms with van der Waals surface area (Å²) in [7, 11) is 0. The molecule has 10 heteroatoms. The highest BCUT2D eigenvalue weighted by Crippen LogP contribution is 2.33. The number of alkyl halides is 3. The molecule has 0 saturated carbocycles. The summed E-state index contributed by atoms with van der Waals surface area (Å²) in [6.45, 7) is 0.883. The number of imidazole rings is 1. The molecule has 164 valence electrons. The highest BCUT2D eigenvalue weighted by Gasteiger charge is 2.27. The molecule has 0 saturated heterocycles. The van der Waals surface area contributed by atoms with Crippen LogP contribution in [0.3, 0.4) is 0 Å². The van der Waals surface area contributed by atoms with Gasteiger partial charge in [-0.05, 0) is 55.3 Å². The lowest BCUT2D eigenvalue weighted by atomic mass is 10.0. The van der Waals surface area contributed by atoms with Crippen LogP contribution in [0.25, 0.3) is 22.3 Å². The van der Waals surface area contributed by atoms with Crippen molar-refractivity contribution in [1.29, 1.82) is 0 Å². The number of fused-ring (bicyclic) bond motifs is 3. The highest BCUT2D eigenvalue weighted by atomic mass is 35.5. The van der Waals surface area contributed by atoms with Gasteiger partial charge in [-0.1, -0.05) is 0 Å². The maximum Gasteiger partial charge on any atom is 0.487 e. The number of nitrogens with one attached hydrogen (secondary N) is 2. The molecule has 0 fully saturated rings. The van der Waals surface area contributed by atoms with Crippen LogP contribution in [0.1, 0.15) is 29.0 Å². The number of anilines is 1. The summed E-state index contributed by atoms with van der Waals surface area (Å²) in [5.74, 6) is 0.542. The van der Waals surface area contributed by atoms with Gasteiger partial charge >= 0.3 is 5.57 Å². The molecular formula is C22H18ClF2N5O2. The molecule has 0 radical (unpaired) electrons. The van der Waals surface area contributed by atoms with Crippen LogP contribution < -0.4 is 10.1 Å². The van der Waals surface area contributed by atoms with E-state index in [-0.39, 0.29) is 11.7 Å². The number of halogens is 3. The number of aromatic nitrogens is 4. The second-order valence-electron chi connectivity index (χ2n) is 7.52. The standard InChI is InChI=1S/C22H18ClF2N5O2/c23-22(24,25)32-15-6-4-14(5-7-15)27-21(31)13-11-16(17-8-9-26-29-17)20-18(12-13)28-19-3-1-2-10-30(19)20/h4-9,11-12H,1-3,10H2,(H,26,29)(H,27,31). The van der Waals surface area contributed by atoms with Gasteiger partial charge in [0, 0.05) is 47.6 Å². The Morgan fingerprint density at radius 2 is 2.00 bits per heavy atom. The maximum absolute atomic E-state index is 13.0. The minimum atomic E-state index is -3.80. The SMILES string of the molecule is O=C(Nc1ccc(OC(F)(F)Cl)cc1)c1cc(-c2ccn[nH]2)c2c(c1)nc1n2CCCC1. The van der Waals surface area contributed by atoms with Crippen LogP contribution in [0.5, 0.6) is 5.75 Å². The molecule has 0 bridgehead atoms. The van der Waals surface area contributed by atoms with Crippen LogP contribution in [-0.4, -0.2) is 31.2 Å². The van der Waals surface area contributed by atoms with Gasteiger partial charge in [-0.2, -0.15) is 5.10 Å². The van der Waals surface area contributed by atoms with Gasteiger partial charge in [-0.3, -0.25) is 9.89 Å². The zero-order valence-electron chi connectivity index (χ0n) is 16.7. The van der Waals surface area contributed by atoms with Gasteiger partial charge in [0.15, 0.2) is 0 Å². The first-order valence-corrected chi connectivity index (χ1v) is 10.5. The summed E-state index contributed by atoms with van der Waals surface area (Å²) in [5.41, 5.74) is 0.404. The molecule has 2 aromatic carbocycles. The molecular weight excluding hydrogens is 440 g/mol. The first kappa shape index (κ1) is 20.4. The number of H-pyrrole nitrogens is 1. The van der Waals surface area contributed by atoms with E-state index in [9.17, 15) is 13.6 Å². The lowest BCUT2D eigenvalue weighted by Gasteiger charge is -2.16. The molecule has 1 amide bonds. The van der Waals surface area contributed by atoms with E-state index in [2.05, 4.69) is 24.8 Å². The number of ether oxygens (including phenoxy) is 1. The third-order valence-electron chi connectivity index (χ3n) is 5.35. The van der Waals surface area contributed by atoms with Crippen LogP contribution >= 0.6 is 11.6 Å². The first-order chi connectivity index (χ1) is 15.4. The fourth-order valence-corrected chi connectivity index (χ4v) is 4.08. The minimum Gasteiger partial charge on any atom is -0.420 e. The second-order valence-corrected chi connectivity index (χ2v) is 7.96. The maximum atomic E-state index is 13.0. The lowest BCUT2D eigenvalue weighted by molar-refractivity contribution is -0.0964. The largest absolute Gasteiger partial charge is 0.487 e. The Morgan fingerprint density at radius 1 is 1.19 bits per heavy atom. The van der Waals surface area contributed by atoms with E-state index in [1.165, 1.54) is 24.3 Å². The van der Waals surface area contributed by atoms with Crippen LogP contribution in [0, 0.1) is 0 Å². The van der Waals surface area contributed by atoms with Crippen molar-refractivity contribution in [2.75, 3.05) is 5.32 Å². The van der Waals surface area contributed by atoms with E-state index in [1.54, 1.807) is 18.3 Å². The van der Waals surface area contributed by atoms with E-state index in [0.29, 0.717) is 11.3 Å². The second kappa shape index (κ2) is 7.90. The summed E-state index contributed by atoms with van der Waals surface area (Å²) in [5, 5.41) is 9.79. The molecule has 5 rings (SSSR count). The van der Waals surface area contributed by atoms with E-state index >= 15 is 0 Å². The van der Waals surface area contributed by atoms with E-state index < -0.39 is 5.57 Å². The van der Waals surface area contributed by atoms with Crippen molar-refractivity contribution < 1.29 is 18.3 Å². The fraction of sp³-hybridized carbons (Fsp3) is 0.227.